The molecule has 0 saturated carbocycles. The van der Waals surface area contributed by atoms with Crippen molar-refractivity contribution in [3.05, 3.63) is 33.8 Å². The minimum absolute atomic E-state index is 0.0792. The maximum atomic E-state index is 12.3. The van der Waals surface area contributed by atoms with Gasteiger partial charge in [0.2, 0.25) is 0 Å². The van der Waals surface area contributed by atoms with Gasteiger partial charge in [0.15, 0.2) is 0 Å². The lowest BCUT2D eigenvalue weighted by Gasteiger charge is -2.22. The van der Waals surface area contributed by atoms with Gasteiger partial charge in [-0.15, -0.1) is 0 Å². The van der Waals surface area contributed by atoms with E-state index < -0.39 is 0 Å². The highest BCUT2D eigenvalue weighted by Gasteiger charge is 2.20. The molecule has 1 saturated heterocycles. The number of carbonyl (C=O) groups excluding carboxylic acids is 1. The van der Waals surface area contributed by atoms with Crippen molar-refractivity contribution in [2.45, 2.75) is 25.8 Å². The summed E-state index contributed by atoms with van der Waals surface area (Å²) in [6.45, 7) is 3.87. The summed E-state index contributed by atoms with van der Waals surface area (Å²) in [6, 6.07) is 6.29. The summed E-state index contributed by atoms with van der Waals surface area (Å²) >= 11 is 3.47. The first-order valence-electron chi connectivity index (χ1n) is 6.33. The number of rotatable bonds is 3. The number of halogens is 1. The van der Waals surface area contributed by atoms with Gasteiger partial charge in [0.25, 0.3) is 5.91 Å². The van der Waals surface area contributed by atoms with Gasteiger partial charge in [-0.3, -0.25) is 4.79 Å². The summed E-state index contributed by atoms with van der Waals surface area (Å²) in [7, 11) is 1.87. The molecule has 1 aromatic rings. The van der Waals surface area contributed by atoms with E-state index in [1.54, 1.807) is 4.90 Å². The summed E-state index contributed by atoms with van der Waals surface area (Å²) in [5.74, 6) is 0.0792. The Balaban J connectivity index is 2.05. The van der Waals surface area contributed by atoms with E-state index in [1.165, 1.54) is 6.42 Å². The molecule has 1 aliphatic rings. The monoisotopic (exact) mass is 310 g/mol. The van der Waals surface area contributed by atoms with E-state index in [2.05, 4.69) is 21.2 Å². The molecule has 1 unspecified atom stereocenters. The summed E-state index contributed by atoms with van der Waals surface area (Å²) in [4.78, 5) is 14.1. The molecule has 1 fully saturated rings. The first-order chi connectivity index (χ1) is 8.58. The van der Waals surface area contributed by atoms with Crippen LogP contribution in [0.5, 0.6) is 0 Å². The van der Waals surface area contributed by atoms with Crippen molar-refractivity contribution in [3.63, 3.8) is 0 Å². The van der Waals surface area contributed by atoms with Crippen molar-refractivity contribution < 1.29 is 4.79 Å². The Kier molecular flexibility index (Phi) is 4.40. The molecule has 18 heavy (non-hydrogen) atoms. The third kappa shape index (κ3) is 3.12. The van der Waals surface area contributed by atoms with E-state index in [0.29, 0.717) is 6.04 Å². The molecule has 1 aromatic carbocycles. The Bertz CT molecular complexity index is 441. The molecule has 1 atom stereocenters. The van der Waals surface area contributed by atoms with Crippen LogP contribution >= 0.6 is 15.9 Å². The Morgan fingerprint density at radius 3 is 2.94 bits per heavy atom. The van der Waals surface area contributed by atoms with Gasteiger partial charge in [-0.1, -0.05) is 6.07 Å². The number of benzene rings is 1. The third-order valence-electron chi connectivity index (χ3n) is 3.36. The molecule has 2 rings (SSSR count). The lowest BCUT2D eigenvalue weighted by Crippen LogP contribution is -2.38. The van der Waals surface area contributed by atoms with Gasteiger partial charge in [-0.2, -0.15) is 0 Å². The third-order valence-corrected chi connectivity index (χ3v) is 4.01. The average Bonchev–Trinajstić information content (AvgIpc) is 2.81. The maximum Gasteiger partial charge on any atom is 0.254 e. The zero-order chi connectivity index (χ0) is 13.1. The van der Waals surface area contributed by atoms with Crippen molar-refractivity contribution in [2.24, 2.45) is 0 Å². The lowest BCUT2D eigenvalue weighted by molar-refractivity contribution is 0.0783. The molecule has 0 spiro atoms. The number of nitrogens with zero attached hydrogens (tertiary/aromatic N) is 1. The van der Waals surface area contributed by atoms with Gasteiger partial charge in [0, 0.05) is 24.1 Å². The predicted octanol–water partition coefficient (Wildman–Crippen LogP) is 2.58. The number of carbonyl (C=O) groups is 1. The molecule has 4 heteroatoms. The van der Waals surface area contributed by atoms with Gasteiger partial charge >= 0.3 is 0 Å². The highest BCUT2D eigenvalue weighted by molar-refractivity contribution is 9.10. The Morgan fingerprint density at radius 1 is 1.56 bits per heavy atom. The highest BCUT2D eigenvalue weighted by atomic mass is 79.9. The first-order valence-corrected chi connectivity index (χ1v) is 7.12. The van der Waals surface area contributed by atoms with Gasteiger partial charge in [0.1, 0.15) is 0 Å². The Morgan fingerprint density at radius 2 is 2.33 bits per heavy atom. The number of hydrogen-bond acceptors (Lipinski definition) is 2. The normalized spacial score (nSPS) is 18.9. The molecule has 3 nitrogen and oxygen atoms in total. The number of amides is 1. The van der Waals surface area contributed by atoms with Gasteiger partial charge in [-0.05, 0) is 59.9 Å². The topological polar surface area (TPSA) is 32.3 Å². The van der Waals surface area contributed by atoms with Crippen molar-refractivity contribution in [2.75, 3.05) is 20.1 Å². The zero-order valence-corrected chi connectivity index (χ0v) is 12.5. The summed E-state index contributed by atoms with van der Waals surface area (Å²) in [5.41, 5.74) is 1.89. The second-order valence-electron chi connectivity index (χ2n) is 4.96. The number of hydrogen-bond donors (Lipinski definition) is 1. The molecule has 98 valence electrons. The van der Waals surface area contributed by atoms with E-state index in [-0.39, 0.29) is 5.91 Å². The second kappa shape index (κ2) is 5.85. The minimum atomic E-state index is 0.0792. The smallest absolute Gasteiger partial charge is 0.254 e. The van der Waals surface area contributed by atoms with Crippen LogP contribution in [0.25, 0.3) is 0 Å². The summed E-state index contributed by atoms with van der Waals surface area (Å²) < 4.78 is 0.874. The number of nitrogens with one attached hydrogen (secondary N) is 1. The molecule has 1 aliphatic heterocycles. The molecule has 1 N–H and O–H groups in total. The van der Waals surface area contributed by atoms with Gasteiger partial charge in [-0.25, -0.2) is 0 Å². The molecule has 0 aliphatic carbocycles. The van der Waals surface area contributed by atoms with Crippen LogP contribution in [0.1, 0.15) is 28.8 Å². The van der Waals surface area contributed by atoms with Gasteiger partial charge in [0.05, 0.1) is 5.56 Å². The maximum absolute atomic E-state index is 12.3. The van der Waals surface area contributed by atoms with Crippen LogP contribution < -0.4 is 5.32 Å². The standard InChI is InChI=1S/C14H19BrN2O/c1-10-5-6-12(13(15)8-10)14(18)17(2)9-11-4-3-7-16-11/h5-6,8,11,16H,3-4,7,9H2,1-2H3. The minimum Gasteiger partial charge on any atom is -0.340 e. The van der Waals surface area contributed by atoms with Crippen LogP contribution in [0.15, 0.2) is 22.7 Å². The van der Waals surface area contributed by atoms with Crippen molar-refractivity contribution in [3.8, 4) is 0 Å². The quantitative estimate of drug-likeness (QED) is 0.930. The number of likely N-dealkylation sites (N-methyl/N-ethyl adjacent to an activating group) is 1. The predicted molar refractivity (Wildman–Crippen MR) is 76.9 cm³/mol. The van der Waals surface area contributed by atoms with E-state index >= 15 is 0 Å². The molecular formula is C14H19BrN2O. The van der Waals surface area contributed by atoms with E-state index in [9.17, 15) is 4.79 Å². The average molecular weight is 311 g/mol. The van der Waals surface area contributed by atoms with Gasteiger partial charge < -0.3 is 10.2 Å². The largest absolute Gasteiger partial charge is 0.340 e. The summed E-state index contributed by atoms with van der Waals surface area (Å²) in [6.07, 6.45) is 2.37. The second-order valence-corrected chi connectivity index (χ2v) is 5.82. The van der Waals surface area contributed by atoms with Crippen LogP contribution in [-0.4, -0.2) is 37.0 Å². The Hall–Kier alpha value is -0.870. The molecule has 1 heterocycles. The first kappa shape index (κ1) is 13.6. The van der Waals surface area contributed by atoms with E-state index in [4.69, 9.17) is 0 Å². The SMILES string of the molecule is Cc1ccc(C(=O)N(C)CC2CCCN2)c(Br)c1. The van der Waals surface area contributed by atoms with Crippen LogP contribution in [-0.2, 0) is 0 Å². The molecular weight excluding hydrogens is 292 g/mol. The highest BCUT2D eigenvalue weighted by Crippen LogP contribution is 2.20. The van der Waals surface area contributed by atoms with E-state index in [1.807, 2.05) is 32.2 Å². The molecule has 1 amide bonds. The fraction of sp³-hybridized carbons (Fsp3) is 0.500. The molecule has 0 radical (unpaired) electrons. The zero-order valence-electron chi connectivity index (χ0n) is 10.9. The fourth-order valence-electron chi connectivity index (χ4n) is 2.33. The number of aryl methyl sites for hydroxylation is 1. The Labute approximate surface area is 117 Å². The lowest BCUT2D eigenvalue weighted by atomic mass is 10.1. The van der Waals surface area contributed by atoms with Crippen LogP contribution in [0, 0.1) is 6.92 Å². The van der Waals surface area contributed by atoms with Crippen molar-refractivity contribution in [1.29, 1.82) is 0 Å². The van der Waals surface area contributed by atoms with Crippen molar-refractivity contribution in [1.82, 2.24) is 10.2 Å². The van der Waals surface area contributed by atoms with Crippen molar-refractivity contribution >= 4 is 21.8 Å². The van der Waals surface area contributed by atoms with Crippen LogP contribution in [0.2, 0.25) is 0 Å². The summed E-state index contributed by atoms with van der Waals surface area (Å²) in [5, 5.41) is 3.41. The van der Waals surface area contributed by atoms with E-state index in [0.717, 1.165) is 35.1 Å². The molecule has 0 aromatic heterocycles. The van der Waals surface area contributed by atoms with Crippen LogP contribution in [0.3, 0.4) is 0 Å². The molecule has 0 bridgehead atoms. The van der Waals surface area contributed by atoms with Crippen LogP contribution in [0.4, 0.5) is 0 Å². The fourth-order valence-corrected chi connectivity index (χ4v) is 2.99.